The molecule has 0 amide bonds. The first-order chi connectivity index (χ1) is 2.27. The van der Waals surface area contributed by atoms with E-state index in [9.17, 15) is 4.21 Å². The van der Waals surface area contributed by atoms with Crippen LogP contribution in [0.1, 0.15) is 1.43 Å². The van der Waals surface area contributed by atoms with Gasteiger partial charge in [-0.3, -0.25) is 0 Å². The van der Waals surface area contributed by atoms with Gasteiger partial charge in [0, 0.05) is 0 Å². The molecule has 0 aliphatic rings. The van der Waals surface area contributed by atoms with Crippen LogP contribution in [-0.2, 0) is 11.1 Å². The molecule has 1 unspecified atom stereocenters. The summed E-state index contributed by atoms with van der Waals surface area (Å²) in [5, 5.41) is 7.59. The van der Waals surface area contributed by atoms with E-state index in [4.69, 9.17) is 9.66 Å². The van der Waals surface area contributed by atoms with Gasteiger partial charge in [0.15, 0.2) is 11.1 Å². The average Bonchev–Trinajstić information content (AvgIpc) is 1.38. The molecule has 0 saturated heterocycles. The van der Waals surface area contributed by atoms with E-state index in [-0.39, 0.29) is 37.1 Å². The predicted molar refractivity (Wildman–Crippen MR) is 24.0 cm³/mol. The summed E-state index contributed by atoms with van der Waals surface area (Å²) in [6.45, 7) is 0. The third-order valence-electron chi connectivity index (χ3n) is 0.110. The van der Waals surface area contributed by atoms with Crippen molar-refractivity contribution in [1.82, 2.24) is 6.15 Å². The van der Waals surface area contributed by atoms with E-state index >= 15 is 0 Å². The Kier molecular flexibility index (Phi) is 22.6. The van der Waals surface area contributed by atoms with Gasteiger partial charge in [0.2, 0.25) is 0 Å². The van der Waals surface area contributed by atoms with Crippen LogP contribution in [0.2, 0.25) is 0 Å². The van der Waals surface area contributed by atoms with Crippen LogP contribution >= 0.6 is 0 Å². The van der Waals surface area contributed by atoms with Crippen LogP contribution in [0.3, 0.4) is 0 Å². The largest absolute Gasteiger partial charge is 1.00 e. The molecule has 0 heterocycles. The van der Waals surface area contributed by atoms with Crippen LogP contribution in [-0.4, -0.2) is 19.8 Å². The quantitative estimate of drug-likeness (QED) is 0.257. The smallest absolute Gasteiger partial charge is 1.00 e. The fourth-order valence-electron chi connectivity index (χ4n) is 0. The second kappa shape index (κ2) is 10.1. The zero-order valence-electron chi connectivity index (χ0n) is 5.13. The molecular weight excluding hydrogens is 129 g/mol. The van der Waals surface area contributed by atoms with Gasteiger partial charge in [-0.25, -0.2) is 4.21 Å². The molecule has 1 atom stereocenters. The van der Waals surface area contributed by atoms with Crippen LogP contribution in [0.5, 0.6) is 0 Å². The Morgan fingerprint density at radius 3 is 1.86 bits per heavy atom. The SMILES string of the molecule is N.O=S(O)CO.[H-].[Na+]. The van der Waals surface area contributed by atoms with Gasteiger partial charge >= 0.3 is 29.6 Å². The minimum absolute atomic E-state index is 0. The Labute approximate surface area is 67.9 Å². The molecule has 5 N–H and O–H groups in total. The zero-order chi connectivity index (χ0) is 4.28. The van der Waals surface area contributed by atoms with Crippen molar-refractivity contribution in [2.45, 2.75) is 0 Å². The molecule has 0 spiro atoms. The van der Waals surface area contributed by atoms with Crippen LogP contribution in [0.15, 0.2) is 0 Å². The average molecular weight is 137 g/mol. The standard InChI is InChI=1S/CH4O3S.H3N.Na.H/c2-1-5(3)4;;;/h2H,1H2,(H,3,4);1H3;;/q;;+1;-1. The zero-order valence-corrected chi connectivity index (χ0v) is 6.94. The molecule has 0 aliphatic carbocycles. The van der Waals surface area contributed by atoms with Gasteiger partial charge in [-0.05, 0) is 0 Å². The predicted octanol–water partition coefficient (Wildman–Crippen LogP) is -3.56. The second-order valence-corrected chi connectivity index (χ2v) is 1.35. The number of hydrogen-bond donors (Lipinski definition) is 3. The molecule has 7 heavy (non-hydrogen) atoms. The van der Waals surface area contributed by atoms with E-state index in [0.29, 0.717) is 0 Å². The van der Waals surface area contributed by atoms with E-state index in [0.717, 1.165) is 0 Å². The normalized spacial score (nSPS) is 10.6. The Morgan fingerprint density at radius 2 is 1.86 bits per heavy atom. The first-order valence-electron chi connectivity index (χ1n) is 0.954. The Balaban J connectivity index is -0.0000000267. The summed E-state index contributed by atoms with van der Waals surface area (Å²) in [7, 11) is 0. The maximum Gasteiger partial charge on any atom is 1.00 e. The number of aliphatic hydroxyl groups is 1. The van der Waals surface area contributed by atoms with Crippen molar-refractivity contribution >= 4 is 11.1 Å². The minimum atomic E-state index is -2.02. The molecule has 6 heteroatoms. The van der Waals surface area contributed by atoms with Gasteiger partial charge in [0.25, 0.3) is 0 Å². The Hall–Kier alpha value is 1.03. The number of rotatable bonds is 1. The van der Waals surface area contributed by atoms with Crippen LogP contribution in [0, 0.1) is 0 Å². The van der Waals surface area contributed by atoms with Crippen molar-refractivity contribution in [3.05, 3.63) is 0 Å². The first kappa shape index (κ1) is 15.7. The fourth-order valence-corrected chi connectivity index (χ4v) is 0. The van der Waals surface area contributed by atoms with Gasteiger partial charge in [0.05, 0.1) is 0 Å². The van der Waals surface area contributed by atoms with Crippen molar-refractivity contribution in [2.75, 3.05) is 5.94 Å². The van der Waals surface area contributed by atoms with E-state index in [1.807, 2.05) is 0 Å². The molecular formula is CH8NNaO3S. The van der Waals surface area contributed by atoms with E-state index in [1.54, 1.807) is 0 Å². The van der Waals surface area contributed by atoms with Gasteiger partial charge in [-0.1, -0.05) is 0 Å². The van der Waals surface area contributed by atoms with Crippen LogP contribution in [0.25, 0.3) is 0 Å². The van der Waals surface area contributed by atoms with Gasteiger partial charge in [-0.2, -0.15) is 0 Å². The Morgan fingerprint density at radius 1 is 1.71 bits per heavy atom. The molecule has 0 aliphatic heterocycles. The number of aliphatic hydroxyl groups excluding tert-OH is 1. The third-order valence-corrected chi connectivity index (χ3v) is 0.331. The molecule has 0 aromatic carbocycles. The molecule has 0 saturated carbocycles. The summed E-state index contributed by atoms with van der Waals surface area (Å²) in [5.74, 6) is -0.667. The molecule has 0 bridgehead atoms. The molecule has 4 nitrogen and oxygen atoms in total. The molecule has 0 radical (unpaired) electrons. The Bertz CT molecular complexity index is 54.5. The topological polar surface area (TPSA) is 92.5 Å². The van der Waals surface area contributed by atoms with E-state index < -0.39 is 17.0 Å². The number of hydrogen-bond acceptors (Lipinski definition) is 3. The summed E-state index contributed by atoms with van der Waals surface area (Å²) in [4.78, 5) is 0. The summed E-state index contributed by atoms with van der Waals surface area (Å²) in [6, 6.07) is 0. The molecule has 42 valence electrons. The summed E-state index contributed by atoms with van der Waals surface area (Å²) in [5.41, 5.74) is 0. The summed E-state index contributed by atoms with van der Waals surface area (Å²) < 4.78 is 16.8. The van der Waals surface area contributed by atoms with Crippen molar-refractivity contribution in [2.24, 2.45) is 0 Å². The summed E-state index contributed by atoms with van der Waals surface area (Å²) >= 11 is -2.02. The maximum atomic E-state index is 9.23. The molecule has 0 rings (SSSR count). The fraction of sp³-hybridized carbons (Fsp3) is 1.00. The summed E-state index contributed by atoms with van der Waals surface area (Å²) in [6.07, 6.45) is 0. The third kappa shape index (κ3) is 19.4. The molecule has 0 aromatic heterocycles. The monoisotopic (exact) mass is 137 g/mol. The maximum absolute atomic E-state index is 9.23. The van der Waals surface area contributed by atoms with Crippen molar-refractivity contribution in [3.63, 3.8) is 0 Å². The van der Waals surface area contributed by atoms with Crippen LogP contribution < -0.4 is 35.7 Å². The van der Waals surface area contributed by atoms with Crippen molar-refractivity contribution in [1.29, 1.82) is 0 Å². The first-order valence-corrected chi connectivity index (χ1v) is 2.23. The van der Waals surface area contributed by atoms with Gasteiger partial charge in [-0.15, -0.1) is 0 Å². The molecule has 0 fully saturated rings. The molecule has 0 aromatic rings. The van der Waals surface area contributed by atoms with Gasteiger partial charge < -0.3 is 17.2 Å². The van der Waals surface area contributed by atoms with Crippen molar-refractivity contribution < 1.29 is 44.9 Å². The van der Waals surface area contributed by atoms with Crippen LogP contribution in [0.4, 0.5) is 0 Å². The minimum Gasteiger partial charge on any atom is -1.00 e. The van der Waals surface area contributed by atoms with Gasteiger partial charge in [0.1, 0.15) is 5.94 Å². The second-order valence-electron chi connectivity index (χ2n) is 0.451. The van der Waals surface area contributed by atoms with E-state index in [2.05, 4.69) is 0 Å². The van der Waals surface area contributed by atoms with Crippen molar-refractivity contribution in [3.8, 4) is 0 Å². The van der Waals surface area contributed by atoms with E-state index in [1.165, 1.54) is 0 Å².